The zero-order chi connectivity index (χ0) is 14.3. The summed E-state index contributed by atoms with van der Waals surface area (Å²) in [6.45, 7) is 7.56. The number of nitrogens with zero attached hydrogens (tertiary/aromatic N) is 1. The van der Waals surface area contributed by atoms with Crippen molar-refractivity contribution in [1.29, 1.82) is 0 Å². The third-order valence-electron chi connectivity index (χ3n) is 3.41. The van der Waals surface area contributed by atoms with E-state index in [2.05, 4.69) is 19.1 Å². The highest BCUT2D eigenvalue weighted by Gasteiger charge is 2.12. The number of rotatable bonds is 7. The van der Waals surface area contributed by atoms with Gasteiger partial charge in [-0.25, -0.2) is 0 Å². The summed E-state index contributed by atoms with van der Waals surface area (Å²) in [6, 6.07) is 8.41. The van der Waals surface area contributed by atoms with E-state index in [0.29, 0.717) is 13.0 Å². The van der Waals surface area contributed by atoms with Gasteiger partial charge in [0.25, 0.3) is 0 Å². The largest absolute Gasteiger partial charge is 0.339 e. The molecule has 0 bridgehead atoms. The Morgan fingerprint density at radius 1 is 1.37 bits per heavy atom. The number of amides is 1. The molecule has 19 heavy (non-hydrogen) atoms. The van der Waals surface area contributed by atoms with Crippen molar-refractivity contribution in [2.75, 3.05) is 6.54 Å². The second kappa shape index (κ2) is 7.95. The topological polar surface area (TPSA) is 46.3 Å². The molecule has 0 heterocycles. The Kier molecular flexibility index (Phi) is 6.57. The molecule has 3 nitrogen and oxygen atoms in total. The molecule has 0 aliphatic heterocycles. The molecule has 1 rings (SSSR count). The maximum absolute atomic E-state index is 12.2. The Hall–Kier alpha value is -1.35. The molecule has 1 atom stereocenters. The van der Waals surface area contributed by atoms with Gasteiger partial charge in [-0.2, -0.15) is 0 Å². The molecule has 0 aromatic heterocycles. The molecule has 2 N–H and O–H groups in total. The summed E-state index contributed by atoms with van der Waals surface area (Å²) < 4.78 is 0. The van der Waals surface area contributed by atoms with Crippen LogP contribution in [0.1, 0.15) is 44.2 Å². The molecule has 1 aromatic rings. The maximum atomic E-state index is 12.2. The van der Waals surface area contributed by atoms with E-state index in [-0.39, 0.29) is 11.9 Å². The number of carbonyl (C=O) groups is 1. The predicted molar refractivity (Wildman–Crippen MR) is 79.8 cm³/mol. The number of aryl methyl sites for hydroxylation is 1. The Morgan fingerprint density at radius 3 is 2.63 bits per heavy atom. The van der Waals surface area contributed by atoms with Crippen LogP contribution in [0.15, 0.2) is 24.3 Å². The minimum Gasteiger partial charge on any atom is -0.339 e. The second-order valence-corrected chi connectivity index (χ2v) is 5.20. The highest BCUT2D eigenvalue weighted by atomic mass is 16.2. The van der Waals surface area contributed by atoms with Crippen LogP contribution < -0.4 is 5.73 Å². The number of hydrogen-bond acceptors (Lipinski definition) is 2. The van der Waals surface area contributed by atoms with Gasteiger partial charge < -0.3 is 10.6 Å². The summed E-state index contributed by atoms with van der Waals surface area (Å²) in [5.41, 5.74) is 8.17. The molecule has 0 spiro atoms. The standard InChI is InChI=1S/C16H26N2O/c1-4-18(16(19)11-7-9-14(3)17)12-15-10-6-5-8-13(15)2/h5-6,8,10,14H,4,7,9,11-12,17H2,1-3H3. The molecule has 0 aliphatic carbocycles. The molecule has 0 saturated carbocycles. The lowest BCUT2D eigenvalue weighted by molar-refractivity contribution is -0.131. The Labute approximate surface area is 116 Å². The van der Waals surface area contributed by atoms with E-state index in [1.807, 2.05) is 30.9 Å². The summed E-state index contributed by atoms with van der Waals surface area (Å²) in [7, 11) is 0. The molecular formula is C16H26N2O. The van der Waals surface area contributed by atoms with Crippen molar-refractivity contribution in [2.45, 2.75) is 52.6 Å². The monoisotopic (exact) mass is 262 g/mol. The van der Waals surface area contributed by atoms with E-state index in [4.69, 9.17) is 5.73 Å². The first-order valence-electron chi connectivity index (χ1n) is 7.12. The number of nitrogens with two attached hydrogens (primary N) is 1. The molecule has 1 unspecified atom stereocenters. The normalized spacial score (nSPS) is 12.2. The van der Waals surface area contributed by atoms with Crippen LogP contribution in [-0.2, 0) is 11.3 Å². The molecule has 0 aliphatic rings. The fourth-order valence-corrected chi connectivity index (χ4v) is 2.10. The van der Waals surface area contributed by atoms with Crippen molar-refractivity contribution in [2.24, 2.45) is 5.73 Å². The van der Waals surface area contributed by atoms with Gasteiger partial charge in [-0.1, -0.05) is 24.3 Å². The lowest BCUT2D eigenvalue weighted by atomic mass is 10.1. The van der Waals surface area contributed by atoms with E-state index >= 15 is 0 Å². The van der Waals surface area contributed by atoms with Crippen molar-refractivity contribution >= 4 is 5.91 Å². The summed E-state index contributed by atoms with van der Waals surface area (Å²) in [5.74, 6) is 0.228. The summed E-state index contributed by atoms with van der Waals surface area (Å²) in [4.78, 5) is 14.1. The molecule has 3 heteroatoms. The Balaban J connectivity index is 2.53. The zero-order valence-electron chi connectivity index (χ0n) is 12.4. The van der Waals surface area contributed by atoms with Gasteiger partial charge in [0, 0.05) is 25.6 Å². The second-order valence-electron chi connectivity index (χ2n) is 5.20. The van der Waals surface area contributed by atoms with E-state index in [0.717, 1.165) is 19.4 Å². The SMILES string of the molecule is CCN(Cc1ccccc1C)C(=O)CCCC(C)N. The highest BCUT2D eigenvalue weighted by molar-refractivity contribution is 5.76. The molecule has 1 aromatic carbocycles. The first-order chi connectivity index (χ1) is 9.04. The molecule has 0 saturated heterocycles. The van der Waals surface area contributed by atoms with Gasteiger partial charge in [-0.3, -0.25) is 4.79 Å². The van der Waals surface area contributed by atoms with Crippen LogP contribution in [0.3, 0.4) is 0 Å². The minimum atomic E-state index is 0.180. The molecule has 1 amide bonds. The average molecular weight is 262 g/mol. The van der Waals surface area contributed by atoms with Crippen molar-refractivity contribution in [3.63, 3.8) is 0 Å². The van der Waals surface area contributed by atoms with Gasteiger partial charge in [-0.15, -0.1) is 0 Å². The van der Waals surface area contributed by atoms with Gasteiger partial charge in [-0.05, 0) is 44.7 Å². The number of carbonyl (C=O) groups excluding carboxylic acids is 1. The van der Waals surface area contributed by atoms with Crippen LogP contribution in [-0.4, -0.2) is 23.4 Å². The summed E-state index contributed by atoms with van der Waals surface area (Å²) in [5, 5.41) is 0. The third-order valence-corrected chi connectivity index (χ3v) is 3.41. The van der Waals surface area contributed by atoms with Crippen molar-refractivity contribution in [3.05, 3.63) is 35.4 Å². The van der Waals surface area contributed by atoms with Crippen LogP contribution >= 0.6 is 0 Å². The quantitative estimate of drug-likeness (QED) is 0.821. The van der Waals surface area contributed by atoms with E-state index in [9.17, 15) is 4.79 Å². The smallest absolute Gasteiger partial charge is 0.222 e. The van der Waals surface area contributed by atoms with Gasteiger partial charge in [0.05, 0.1) is 0 Å². The van der Waals surface area contributed by atoms with Crippen LogP contribution in [0.25, 0.3) is 0 Å². The third kappa shape index (κ3) is 5.43. The van der Waals surface area contributed by atoms with E-state index in [1.54, 1.807) is 0 Å². The summed E-state index contributed by atoms with van der Waals surface area (Å²) >= 11 is 0. The molecular weight excluding hydrogens is 236 g/mol. The molecule has 0 radical (unpaired) electrons. The number of hydrogen-bond donors (Lipinski definition) is 1. The summed E-state index contributed by atoms with van der Waals surface area (Å²) in [6.07, 6.45) is 2.38. The van der Waals surface area contributed by atoms with Crippen LogP contribution in [0, 0.1) is 6.92 Å². The average Bonchev–Trinajstić information content (AvgIpc) is 2.37. The Bertz CT molecular complexity index is 401. The fourth-order valence-electron chi connectivity index (χ4n) is 2.10. The minimum absolute atomic E-state index is 0.180. The van der Waals surface area contributed by atoms with Crippen molar-refractivity contribution in [1.82, 2.24) is 4.90 Å². The van der Waals surface area contributed by atoms with Crippen LogP contribution in [0.5, 0.6) is 0 Å². The van der Waals surface area contributed by atoms with Gasteiger partial charge >= 0.3 is 0 Å². The fraction of sp³-hybridized carbons (Fsp3) is 0.562. The van der Waals surface area contributed by atoms with E-state index in [1.165, 1.54) is 11.1 Å². The Morgan fingerprint density at radius 2 is 2.05 bits per heavy atom. The van der Waals surface area contributed by atoms with Crippen molar-refractivity contribution < 1.29 is 4.79 Å². The van der Waals surface area contributed by atoms with E-state index < -0.39 is 0 Å². The van der Waals surface area contributed by atoms with Gasteiger partial charge in [0.2, 0.25) is 5.91 Å². The molecule has 0 fully saturated rings. The lowest BCUT2D eigenvalue weighted by Crippen LogP contribution is -2.30. The van der Waals surface area contributed by atoms with Crippen molar-refractivity contribution in [3.8, 4) is 0 Å². The predicted octanol–water partition coefficient (Wildman–Crippen LogP) is 2.86. The first kappa shape index (κ1) is 15.7. The van der Waals surface area contributed by atoms with Gasteiger partial charge in [0.15, 0.2) is 0 Å². The van der Waals surface area contributed by atoms with Crippen LogP contribution in [0.2, 0.25) is 0 Å². The first-order valence-corrected chi connectivity index (χ1v) is 7.12. The maximum Gasteiger partial charge on any atom is 0.222 e. The highest BCUT2D eigenvalue weighted by Crippen LogP contribution is 2.12. The van der Waals surface area contributed by atoms with Gasteiger partial charge in [0.1, 0.15) is 0 Å². The lowest BCUT2D eigenvalue weighted by Gasteiger charge is -2.22. The number of benzene rings is 1. The molecule has 106 valence electrons. The zero-order valence-corrected chi connectivity index (χ0v) is 12.4. The van der Waals surface area contributed by atoms with Crippen LogP contribution in [0.4, 0.5) is 0 Å².